The first kappa shape index (κ1) is 15.7. The van der Waals surface area contributed by atoms with E-state index in [1.165, 1.54) is 0 Å². The third-order valence-electron chi connectivity index (χ3n) is 4.02. The van der Waals surface area contributed by atoms with Crippen LogP contribution in [0.15, 0.2) is 0 Å². The maximum Gasteiger partial charge on any atom is 0.324 e. The van der Waals surface area contributed by atoms with Gasteiger partial charge in [-0.3, -0.25) is 14.6 Å². The van der Waals surface area contributed by atoms with Crippen molar-refractivity contribution in [3.05, 3.63) is 0 Å². The van der Waals surface area contributed by atoms with Gasteiger partial charge in [-0.25, -0.2) is 0 Å². The average molecular weight is 285 g/mol. The summed E-state index contributed by atoms with van der Waals surface area (Å²) in [5.74, 6) is -0.122. The van der Waals surface area contributed by atoms with Crippen LogP contribution in [0.4, 0.5) is 0 Å². The summed E-state index contributed by atoms with van der Waals surface area (Å²) >= 11 is 0. The smallest absolute Gasteiger partial charge is 0.324 e. The molecule has 2 aliphatic heterocycles. The number of esters is 1. The van der Waals surface area contributed by atoms with E-state index in [9.17, 15) is 4.79 Å². The fourth-order valence-electron chi connectivity index (χ4n) is 2.88. The van der Waals surface area contributed by atoms with Crippen molar-refractivity contribution < 1.29 is 14.3 Å². The second kappa shape index (κ2) is 7.93. The maximum atomic E-state index is 12.0. The normalized spacial score (nSPS) is 29.3. The van der Waals surface area contributed by atoms with Crippen LogP contribution in [-0.4, -0.2) is 86.9 Å². The molecule has 0 radical (unpaired) electrons. The Balaban J connectivity index is 1.89. The zero-order chi connectivity index (χ0) is 14.4. The first-order valence-corrected chi connectivity index (χ1v) is 7.70. The van der Waals surface area contributed by atoms with Crippen LogP contribution in [0.2, 0.25) is 0 Å². The average Bonchev–Trinajstić information content (AvgIpc) is 2.48. The highest BCUT2D eigenvalue weighted by molar-refractivity contribution is 5.76. The van der Waals surface area contributed by atoms with Crippen LogP contribution in [0.5, 0.6) is 0 Å². The van der Waals surface area contributed by atoms with E-state index in [4.69, 9.17) is 9.47 Å². The molecule has 6 heteroatoms. The minimum atomic E-state index is -0.177. The van der Waals surface area contributed by atoms with Gasteiger partial charge in [-0.15, -0.1) is 0 Å². The molecule has 0 bridgehead atoms. The predicted molar refractivity (Wildman–Crippen MR) is 76.7 cm³/mol. The minimum absolute atomic E-state index is 0.122. The number of carbonyl (C=O) groups excluding carboxylic acids is 1. The van der Waals surface area contributed by atoms with Crippen LogP contribution in [0, 0.1) is 0 Å². The molecular weight excluding hydrogens is 258 g/mol. The molecule has 1 N–H and O–H groups in total. The van der Waals surface area contributed by atoms with E-state index in [-0.39, 0.29) is 18.1 Å². The molecule has 20 heavy (non-hydrogen) atoms. The van der Waals surface area contributed by atoms with Crippen molar-refractivity contribution in [2.75, 3.05) is 59.0 Å². The third kappa shape index (κ3) is 4.15. The molecule has 2 rings (SSSR count). The lowest BCUT2D eigenvalue weighted by Gasteiger charge is -2.39. The van der Waals surface area contributed by atoms with Crippen molar-refractivity contribution in [1.82, 2.24) is 15.1 Å². The van der Waals surface area contributed by atoms with E-state index in [0.717, 1.165) is 45.9 Å². The molecule has 0 saturated carbocycles. The van der Waals surface area contributed by atoms with Crippen LogP contribution in [0.25, 0.3) is 0 Å². The van der Waals surface area contributed by atoms with Crippen molar-refractivity contribution in [3.63, 3.8) is 0 Å². The van der Waals surface area contributed by atoms with E-state index in [1.54, 1.807) is 0 Å². The van der Waals surface area contributed by atoms with Crippen LogP contribution in [0.3, 0.4) is 0 Å². The largest absolute Gasteiger partial charge is 0.465 e. The second-order valence-corrected chi connectivity index (χ2v) is 5.35. The molecule has 116 valence electrons. The van der Waals surface area contributed by atoms with Crippen molar-refractivity contribution in [1.29, 1.82) is 0 Å². The van der Waals surface area contributed by atoms with Gasteiger partial charge in [0.2, 0.25) is 0 Å². The zero-order valence-electron chi connectivity index (χ0n) is 12.6. The van der Waals surface area contributed by atoms with Crippen LogP contribution >= 0.6 is 0 Å². The van der Waals surface area contributed by atoms with Gasteiger partial charge in [0.25, 0.3) is 0 Å². The third-order valence-corrected chi connectivity index (χ3v) is 4.02. The molecular formula is C14H27N3O3. The van der Waals surface area contributed by atoms with E-state index < -0.39 is 0 Å². The summed E-state index contributed by atoms with van der Waals surface area (Å²) in [5.41, 5.74) is 0. The molecule has 2 heterocycles. The van der Waals surface area contributed by atoms with Crippen molar-refractivity contribution in [3.8, 4) is 0 Å². The summed E-state index contributed by atoms with van der Waals surface area (Å²) in [6, 6.07) is -0.177. The molecule has 2 saturated heterocycles. The number of ether oxygens (including phenoxy) is 2. The van der Waals surface area contributed by atoms with Gasteiger partial charge in [0, 0.05) is 39.3 Å². The molecule has 2 aliphatic rings. The van der Waals surface area contributed by atoms with Crippen molar-refractivity contribution >= 4 is 5.97 Å². The molecule has 0 aliphatic carbocycles. The Bertz CT molecular complexity index is 314. The predicted octanol–water partition coefficient (Wildman–Crippen LogP) is -0.456. The van der Waals surface area contributed by atoms with Gasteiger partial charge < -0.3 is 14.8 Å². The molecule has 0 aromatic heterocycles. The van der Waals surface area contributed by atoms with Gasteiger partial charge in [-0.2, -0.15) is 0 Å². The Morgan fingerprint density at radius 2 is 2.25 bits per heavy atom. The first-order valence-electron chi connectivity index (χ1n) is 7.70. The summed E-state index contributed by atoms with van der Waals surface area (Å²) in [6.07, 6.45) is 0.193. The topological polar surface area (TPSA) is 54.0 Å². The summed E-state index contributed by atoms with van der Waals surface area (Å²) in [5, 5.41) is 3.27. The monoisotopic (exact) mass is 285 g/mol. The highest BCUT2D eigenvalue weighted by Gasteiger charge is 2.32. The molecule has 6 nitrogen and oxygen atoms in total. The van der Waals surface area contributed by atoms with E-state index in [0.29, 0.717) is 13.2 Å². The highest BCUT2D eigenvalue weighted by atomic mass is 16.5. The fraction of sp³-hybridized carbons (Fsp3) is 0.929. The van der Waals surface area contributed by atoms with Gasteiger partial charge in [0.15, 0.2) is 0 Å². The molecule has 0 aromatic rings. The molecule has 0 spiro atoms. The number of nitrogens with zero attached hydrogens (tertiary/aromatic N) is 2. The van der Waals surface area contributed by atoms with Gasteiger partial charge >= 0.3 is 5.97 Å². The molecule has 2 unspecified atom stereocenters. The van der Waals surface area contributed by atoms with Gasteiger partial charge in [0.1, 0.15) is 6.04 Å². The Kier molecular flexibility index (Phi) is 6.22. The summed E-state index contributed by atoms with van der Waals surface area (Å²) in [6.45, 7) is 11.5. The van der Waals surface area contributed by atoms with Crippen molar-refractivity contribution in [2.24, 2.45) is 0 Å². The van der Waals surface area contributed by atoms with Crippen molar-refractivity contribution in [2.45, 2.75) is 26.0 Å². The van der Waals surface area contributed by atoms with Gasteiger partial charge in [-0.05, 0) is 13.5 Å². The van der Waals surface area contributed by atoms with Crippen LogP contribution in [0.1, 0.15) is 13.8 Å². The van der Waals surface area contributed by atoms with E-state index in [1.807, 2.05) is 6.92 Å². The molecule has 0 aromatic carbocycles. The second-order valence-electron chi connectivity index (χ2n) is 5.35. The lowest BCUT2D eigenvalue weighted by atomic mass is 10.1. The Morgan fingerprint density at radius 1 is 1.40 bits per heavy atom. The maximum absolute atomic E-state index is 12.0. The number of rotatable bonds is 5. The number of morpholine rings is 1. The van der Waals surface area contributed by atoms with Crippen LogP contribution < -0.4 is 5.32 Å². The zero-order valence-corrected chi connectivity index (χ0v) is 12.6. The number of hydrogen-bond donors (Lipinski definition) is 1. The number of hydrogen-bond acceptors (Lipinski definition) is 6. The number of piperazine rings is 1. The Labute approximate surface area is 121 Å². The molecule has 0 amide bonds. The number of likely N-dealkylation sites (N-methyl/N-ethyl adjacent to an activating group) is 1. The SMILES string of the molecule is CCOC(=O)C1CNCCN1CC1CN(CC)CCO1. The lowest BCUT2D eigenvalue weighted by Crippen LogP contribution is -2.58. The number of carbonyl (C=O) groups is 1. The fourth-order valence-corrected chi connectivity index (χ4v) is 2.88. The Morgan fingerprint density at radius 3 is 3.00 bits per heavy atom. The summed E-state index contributed by atoms with van der Waals surface area (Å²) in [7, 11) is 0. The quantitative estimate of drug-likeness (QED) is 0.690. The Hall–Kier alpha value is -0.690. The summed E-state index contributed by atoms with van der Waals surface area (Å²) < 4.78 is 11.0. The van der Waals surface area contributed by atoms with Crippen LogP contribution in [-0.2, 0) is 14.3 Å². The lowest BCUT2D eigenvalue weighted by molar-refractivity contribution is -0.151. The summed E-state index contributed by atoms with van der Waals surface area (Å²) in [4.78, 5) is 16.6. The number of nitrogens with one attached hydrogen (secondary N) is 1. The minimum Gasteiger partial charge on any atom is -0.465 e. The standard InChI is InChI=1S/C14H27N3O3/c1-3-16-7-8-20-12(10-16)11-17-6-5-15-9-13(17)14(18)19-4-2/h12-13,15H,3-11H2,1-2H3. The highest BCUT2D eigenvalue weighted by Crippen LogP contribution is 2.11. The van der Waals surface area contributed by atoms with Gasteiger partial charge in [-0.1, -0.05) is 6.92 Å². The molecule has 2 fully saturated rings. The van der Waals surface area contributed by atoms with E-state index >= 15 is 0 Å². The molecule has 2 atom stereocenters. The van der Waals surface area contributed by atoms with E-state index in [2.05, 4.69) is 22.0 Å². The van der Waals surface area contributed by atoms with Gasteiger partial charge in [0.05, 0.1) is 19.3 Å². The first-order chi connectivity index (χ1) is 9.74.